The minimum atomic E-state index is -0.794. The highest BCUT2D eigenvalue weighted by atomic mass is 16.6. The van der Waals surface area contributed by atoms with Crippen LogP contribution in [0.25, 0.3) is 11.3 Å². The number of nitrogens with one attached hydrogen (secondary N) is 1. The zero-order valence-electron chi connectivity index (χ0n) is 16.7. The molecule has 1 N–H and O–H groups in total. The number of benzene rings is 2. The number of carbonyl (C=O) groups excluding carboxylic acids is 1. The number of anilines is 1. The Morgan fingerprint density at radius 1 is 0.966 bits per heavy atom. The molecule has 29 heavy (non-hydrogen) atoms. The Hall–Kier alpha value is -3.55. The van der Waals surface area contributed by atoms with Gasteiger partial charge in [-0.2, -0.15) is 0 Å². The molecule has 0 bridgehead atoms. The van der Waals surface area contributed by atoms with Gasteiger partial charge in [0.05, 0.1) is 13.2 Å². The molecule has 0 unspecified atom stereocenters. The van der Waals surface area contributed by atoms with Crippen molar-refractivity contribution in [3.8, 4) is 28.5 Å². The smallest absolute Gasteiger partial charge is 0.266 e. The second-order valence-corrected chi connectivity index (χ2v) is 6.55. The van der Waals surface area contributed by atoms with Gasteiger partial charge in [-0.1, -0.05) is 12.1 Å². The number of rotatable bonds is 8. The van der Waals surface area contributed by atoms with E-state index in [0.29, 0.717) is 17.2 Å². The van der Waals surface area contributed by atoms with Crippen molar-refractivity contribution in [3.63, 3.8) is 0 Å². The first-order valence-electron chi connectivity index (χ1n) is 9.18. The quantitative estimate of drug-likeness (QED) is 0.615. The van der Waals surface area contributed by atoms with Gasteiger partial charge in [0.1, 0.15) is 5.75 Å². The molecule has 0 spiro atoms. The Balaban J connectivity index is 1.69. The van der Waals surface area contributed by atoms with Gasteiger partial charge in [-0.25, -0.2) is 4.63 Å². The maximum absolute atomic E-state index is 12.6. The van der Waals surface area contributed by atoms with Crippen LogP contribution in [-0.4, -0.2) is 35.5 Å². The predicted octanol–water partition coefficient (Wildman–Crippen LogP) is 3.94. The molecule has 1 aromatic heterocycles. The Bertz CT molecular complexity index is 953. The Morgan fingerprint density at radius 3 is 2.31 bits per heavy atom. The molecule has 1 amide bonds. The highest BCUT2D eigenvalue weighted by molar-refractivity contribution is 5.96. The van der Waals surface area contributed by atoms with E-state index in [2.05, 4.69) is 15.6 Å². The second-order valence-electron chi connectivity index (χ2n) is 6.55. The van der Waals surface area contributed by atoms with Crippen molar-refractivity contribution in [1.29, 1.82) is 0 Å². The summed E-state index contributed by atoms with van der Waals surface area (Å²) in [6.07, 6.45) is -0.716. The number of aromatic nitrogens is 2. The topological polar surface area (TPSA) is 95.7 Å². The third-order valence-electron chi connectivity index (χ3n) is 3.97. The lowest BCUT2D eigenvalue weighted by Crippen LogP contribution is -2.30. The van der Waals surface area contributed by atoms with Gasteiger partial charge < -0.3 is 19.5 Å². The fourth-order valence-electron chi connectivity index (χ4n) is 2.60. The summed E-state index contributed by atoms with van der Waals surface area (Å²) in [7, 11) is 1.54. The standard InChI is InChI=1S/C21H23N3O5/c1-13(2)27-16-11-9-15(10-12-16)19-20(24-29-23-19)22-21(25)14(3)28-18-8-6-5-7-17(18)26-4/h5-14H,1-4H3,(H,22,24,25)/t14-/m0/s1. The summed E-state index contributed by atoms with van der Waals surface area (Å²) in [5.41, 5.74) is 1.15. The molecule has 0 aliphatic rings. The van der Waals surface area contributed by atoms with Crippen molar-refractivity contribution < 1.29 is 23.6 Å². The molecule has 1 heterocycles. The average molecular weight is 397 g/mol. The zero-order chi connectivity index (χ0) is 20.8. The SMILES string of the molecule is COc1ccccc1O[C@@H](C)C(=O)Nc1nonc1-c1ccc(OC(C)C)cc1. The summed E-state index contributed by atoms with van der Waals surface area (Å²) in [5.74, 6) is 1.57. The van der Waals surface area contributed by atoms with Crippen LogP contribution in [0.2, 0.25) is 0 Å². The molecule has 0 saturated heterocycles. The zero-order valence-corrected chi connectivity index (χ0v) is 16.7. The van der Waals surface area contributed by atoms with Crippen molar-refractivity contribution in [1.82, 2.24) is 10.3 Å². The first kappa shape index (κ1) is 20.2. The highest BCUT2D eigenvalue weighted by Gasteiger charge is 2.21. The van der Waals surface area contributed by atoms with Crippen LogP contribution < -0.4 is 19.5 Å². The molecule has 8 nitrogen and oxygen atoms in total. The molecule has 3 rings (SSSR count). The van der Waals surface area contributed by atoms with Gasteiger partial charge in [-0.15, -0.1) is 0 Å². The Morgan fingerprint density at radius 2 is 1.66 bits per heavy atom. The van der Waals surface area contributed by atoms with E-state index in [1.807, 2.05) is 44.2 Å². The minimum Gasteiger partial charge on any atom is -0.493 e. The molecule has 0 aliphatic heterocycles. The molecular weight excluding hydrogens is 374 g/mol. The number of hydrogen-bond acceptors (Lipinski definition) is 7. The maximum atomic E-state index is 12.6. The number of nitrogens with zero attached hydrogens (tertiary/aromatic N) is 2. The van der Waals surface area contributed by atoms with E-state index in [1.54, 1.807) is 25.1 Å². The third-order valence-corrected chi connectivity index (χ3v) is 3.97. The van der Waals surface area contributed by atoms with Crippen molar-refractivity contribution in [2.75, 3.05) is 12.4 Å². The summed E-state index contributed by atoms with van der Waals surface area (Å²) in [6.45, 7) is 5.54. The van der Waals surface area contributed by atoms with Crippen molar-refractivity contribution >= 4 is 11.7 Å². The van der Waals surface area contributed by atoms with Crippen molar-refractivity contribution in [2.24, 2.45) is 0 Å². The van der Waals surface area contributed by atoms with Gasteiger partial charge in [0.25, 0.3) is 5.91 Å². The summed E-state index contributed by atoms with van der Waals surface area (Å²) < 4.78 is 21.4. The van der Waals surface area contributed by atoms with Gasteiger partial charge in [0, 0.05) is 5.56 Å². The van der Waals surface area contributed by atoms with Crippen LogP contribution in [0.3, 0.4) is 0 Å². The molecule has 0 saturated carbocycles. The number of para-hydroxylation sites is 2. The molecule has 1 atom stereocenters. The van der Waals surface area contributed by atoms with E-state index in [4.69, 9.17) is 18.8 Å². The van der Waals surface area contributed by atoms with Crippen LogP contribution in [-0.2, 0) is 4.79 Å². The van der Waals surface area contributed by atoms with Crippen LogP contribution in [0.4, 0.5) is 5.82 Å². The van der Waals surface area contributed by atoms with Crippen molar-refractivity contribution in [3.05, 3.63) is 48.5 Å². The van der Waals surface area contributed by atoms with E-state index in [0.717, 1.165) is 11.3 Å². The van der Waals surface area contributed by atoms with Gasteiger partial charge in [-0.05, 0) is 67.5 Å². The van der Waals surface area contributed by atoms with E-state index in [9.17, 15) is 4.79 Å². The lowest BCUT2D eigenvalue weighted by molar-refractivity contribution is -0.122. The van der Waals surface area contributed by atoms with E-state index < -0.39 is 12.0 Å². The average Bonchev–Trinajstić information content (AvgIpc) is 3.16. The van der Waals surface area contributed by atoms with E-state index >= 15 is 0 Å². The van der Waals surface area contributed by atoms with Crippen LogP contribution in [0.15, 0.2) is 53.2 Å². The van der Waals surface area contributed by atoms with Crippen molar-refractivity contribution in [2.45, 2.75) is 33.0 Å². The summed E-state index contributed by atoms with van der Waals surface area (Å²) in [4.78, 5) is 12.6. The van der Waals surface area contributed by atoms with Gasteiger partial charge in [0.15, 0.2) is 23.3 Å². The highest BCUT2D eigenvalue weighted by Crippen LogP contribution is 2.28. The number of amides is 1. The number of hydrogen-bond donors (Lipinski definition) is 1. The first-order chi connectivity index (χ1) is 14.0. The number of methoxy groups -OCH3 is 1. The molecule has 0 fully saturated rings. The number of carbonyl (C=O) groups is 1. The molecule has 8 heteroatoms. The summed E-state index contributed by atoms with van der Waals surface area (Å²) in [5, 5.41) is 10.4. The lowest BCUT2D eigenvalue weighted by atomic mass is 10.1. The van der Waals surface area contributed by atoms with Gasteiger partial charge >= 0.3 is 0 Å². The van der Waals surface area contributed by atoms with E-state index in [1.165, 1.54) is 7.11 Å². The fourth-order valence-corrected chi connectivity index (χ4v) is 2.60. The second kappa shape index (κ2) is 9.09. The Kier molecular flexibility index (Phi) is 6.33. The van der Waals surface area contributed by atoms with Gasteiger partial charge in [-0.3, -0.25) is 4.79 Å². The van der Waals surface area contributed by atoms with Crippen LogP contribution in [0, 0.1) is 0 Å². The van der Waals surface area contributed by atoms with Gasteiger partial charge in [0.2, 0.25) is 5.82 Å². The minimum absolute atomic E-state index is 0.0779. The fraction of sp³-hybridized carbons (Fsp3) is 0.286. The molecule has 0 radical (unpaired) electrons. The summed E-state index contributed by atoms with van der Waals surface area (Å²) >= 11 is 0. The third kappa shape index (κ3) is 5.04. The predicted molar refractivity (Wildman–Crippen MR) is 107 cm³/mol. The first-order valence-corrected chi connectivity index (χ1v) is 9.18. The van der Waals surface area contributed by atoms with E-state index in [-0.39, 0.29) is 11.9 Å². The molecule has 152 valence electrons. The Labute approximate surface area is 168 Å². The normalized spacial score (nSPS) is 11.8. The van der Waals surface area contributed by atoms with Crippen LogP contribution >= 0.6 is 0 Å². The maximum Gasteiger partial charge on any atom is 0.266 e. The molecule has 3 aromatic rings. The van der Waals surface area contributed by atoms with Crippen LogP contribution in [0.1, 0.15) is 20.8 Å². The molecular formula is C21H23N3O5. The molecule has 0 aliphatic carbocycles. The lowest BCUT2D eigenvalue weighted by Gasteiger charge is -2.16. The largest absolute Gasteiger partial charge is 0.493 e. The summed E-state index contributed by atoms with van der Waals surface area (Å²) in [6, 6.07) is 14.4. The monoisotopic (exact) mass is 397 g/mol. The van der Waals surface area contributed by atoms with Crippen LogP contribution in [0.5, 0.6) is 17.2 Å². The number of ether oxygens (including phenoxy) is 3. The molecule has 2 aromatic carbocycles.